The Bertz CT molecular complexity index is 436. The molecule has 2 rings (SSSR count). The van der Waals surface area contributed by atoms with E-state index in [1.807, 2.05) is 18.5 Å². The van der Waals surface area contributed by atoms with E-state index in [4.69, 9.17) is 0 Å². The molecule has 1 atom stereocenters. The monoisotopic (exact) mass is 232 g/mol. The molecule has 2 heterocycles. The smallest absolute Gasteiger partial charge is 0.0688 e. The van der Waals surface area contributed by atoms with Crippen molar-refractivity contribution in [2.45, 2.75) is 19.9 Å². The van der Waals surface area contributed by atoms with Crippen molar-refractivity contribution in [3.05, 3.63) is 52.0 Å². The maximum atomic E-state index is 4.19. The fourth-order valence-electron chi connectivity index (χ4n) is 1.79. The molecule has 0 bridgehead atoms. The van der Waals surface area contributed by atoms with Gasteiger partial charge in [0, 0.05) is 17.3 Å². The fourth-order valence-corrected chi connectivity index (χ4v) is 2.82. The van der Waals surface area contributed by atoms with Gasteiger partial charge in [-0.3, -0.25) is 4.98 Å². The summed E-state index contributed by atoms with van der Waals surface area (Å²) in [6.07, 6.45) is 3.75. The van der Waals surface area contributed by atoms with Gasteiger partial charge in [-0.15, -0.1) is 11.3 Å². The average molecular weight is 232 g/mol. The van der Waals surface area contributed by atoms with Crippen molar-refractivity contribution < 1.29 is 0 Å². The molecule has 0 saturated heterocycles. The molecule has 0 aliphatic rings. The van der Waals surface area contributed by atoms with Crippen LogP contribution in [-0.4, -0.2) is 11.5 Å². The highest BCUT2D eigenvalue weighted by Gasteiger charge is 2.15. The van der Waals surface area contributed by atoms with Gasteiger partial charge in [-0.25, -0.2) is 0 Å². The molecule has 1 unspecified atom stereocenters. The lowest BCUT2D eigenvalue weighted by Gasteiger charge is -2.17. The number of nitrogens with one attached hydrogen (secondary N) is 1. The Labute approximate surface area is 100 Å². The van der Waals surface area contributed by atoms with Crippen LogP contribution in [0.25, 0.3) is 0 Å². The highest BCUT2D eigenvalue weighted by Crippen LogP contribution is 2.28. The Morgan fingerprint density at radius 3 is 2.88 bits per heavy atom. The Hall–Kier alpha value is -1.19. The zero-order valence-corrected chi connectivity index (χ0v) is 10.4. The van der Waals surface area contributed by atoms with Crippen molar-refractivity contribution in [2.24, 2.45) is 0 Å². The van der Waals surface area contributed by atoms with Crippen molar-refractivity contribution in [2.75, 3.05) is 6.54 Å². The summed E-state index contributed by atoms with van der Waals surface area (Å²) in [7, 11) is 0. The van der Waals surface area contributed by atoms with Crippen LogP contribution >= 0.6 is 11.3 Å². The molecule has 0 fully saturated rings. The predicted octanol–water partition coefficient (Wildman–Crippen LogP) is 3.15. The van der Waals surface area contributed by atoms with Crippen LogP contribution in [0.5, 0.6) is 0 Å². The third-order valence-corrected chi connectivity index (χ3v) is 3.67. The minimum Gasteiger partial charge on any atom is -0.306 e. The summed E-state index contributed by atoms with van der Waals surface area (Å²) in [5.41, 5.74) is 2.58. The van der Waals surface area contributed by atoms with Crippen molar-refractivity contribution in [1.82, 2.24) is 10.3 Å². The Kier molecular flexibility index (Phi) is 3.70. The minimum absolute atomic E-state index is 0.277. The third-order valence-electron chi connectivity index (χ3n) is 2.59. The number of hydrogen-bond donors (Lipinski definition) is 1. The number of aromatic nitrogens is 1. The number of aryl methyl sites for hydroxylation is 1. The zero-order valence-electron chi connectivity index (χ0n) is 9.60. The van der Waals surface area contributed by atoms with Crippen molar-refractivity contribution in [3.8, 4) is 0 Å². The van der Waals surface area contributed by atoms with Gasteiger partial charge in [0.15, 0.2) is 0 Å². The van der Waals surface area contributed by atoms with Gasteiger partial charge in [-0.05, 0) is 42.1 Å². The molecule has 2 nitrogen and oxygen atoms in total. The summed E-state index contributed by atoms with van der Waals surface area (Å²) < 4.78 is 0. The maximum Gasteiger partial charge on any atom is 0.0688 e. The standard InChI is InChI=1S/C13H16N2S/c1-3-15-12(11-5-4-7-14-9-11)13-10(2)6-8-16-13/h4-9,12,15H,3H2,1-2H3. The summed E-state index contributed by atoms with van der Waals surface area (Å²) in [5, 5.41) is 5.66. The molecule has 3 heteroatoms. The first-order chi connectivity index (χ1) is 7.83. The average Bonchev–Trinajstić information content (AvgIpc) is 2.73. The Morgan fingerprint density at radius 1 is 1.44 bits per heavy atom. The van der Waals surface area contributed by atoms with Crippen LogP contribution in [-0.2, 0) is 0 Å². The van der Waals surface area contributed by atoms with Gasteiger partial charge < -0.3 is 5.32 Å². The molecule has 1 N–H and O–H groups in total. The molecule has 2 aromatic rings. The van der Waals surface area contributed by atoms with Gasteiger partial charge in [-0.1, -0.05) is 13.0 Å². The number of nitrogens with zero attached hydrogens (tertiary/aromatic N) is 1. The topological polar surface area (TPSA) is 24.9 Å². The van der Waals surface area contributed by atoms with Crippen LogP contribution in [0.3, 0.4) is 0 Å². The first kappa shape index (κ1) is 11.3. The van der Waals surface area contributed by atoms with E-state index in [2.05, 4.69) is 41.7 Å². The van der Waals surface area contributed by atoms with E-state index in [-0.39, 0.29) is 6.04 Å². The van der Waals surface area contributed by atoms with E-state index in [9.17, 15) is 0 Å². The largest absolute Gasteiger partial charge is 0.306 e. The first-order valence-electron chi connectivity index (χ1n) is 5.50. The molecule has 0 saturated carbocycles. The van der Waals surface area contributed by atoms with E-state index in [1.165, 1.54) is 16.0 Å². The summed E-state index contributed by atoms with van der Waals surface area (Å²) in [6.45, 7) is 5.25. The predicted molar refractivity (Wildman–Crippen MR) is 68.8 cm³/mol. The molecule has 0 aromatic carbocycles. The number of hydrogen-bond acceptors (Lipinski definition) is 3. The van der Waals surface area contributed by atoms with Gasteiger partial charge in [0.25, 0.3) is 0 Å². The van der Waals surface area contributed by atoms with E-state index in [0.717, 1.165) is 6.54 Å². The van der Waals surface area contributed by atoms with Gasteiger partial charge in [0.05, 0.1) is 6.04 Å². The molecule has 0 amide bonds. The third kappa shape index (κ3) is 2.31. The first-order valence-corrected chi connectivity index (χ1v) is 6.38. The van der Waals surface area contributed by atoms with Gasteiger partial charge in [-0.2, -0.15) is 0 Å². The highest BCUT2D eigenvalue weighted by atomic mass is 32.1. The van der Waals surface area contributed by atoms with Crippen molar-refractivity contribution in [1.29, 1.82) is 0 Å². The van der Waals surface area contributed by atoms with Crippen molar-refractivity contribution in [3.63, 3.8) is 0 Å². The lowest BCUT2D eigenvalue weighted by atomic mass is 10.1. The molecule has 0 aliphatic heterocycles. The molecule has 0 spiro atoms. The second kappa shape index (κ2) is 5.23. The maximum absolute atomic E-state index is 4.19. The lowest BCUT2D eigenvalue weighted by molar-refractivity contribution is 0.635. The lowest BCUT2D eigenvalue weighted by Crippen LogP contribution is -2.21. The van der Waals surface area contributed by atoms with Crippen molar-refractivity contribution >= 4 is 11.3 Å². The van der Waals surface area contributed by atoms with Crippen LogP contribution in [0, 0.1) is 6.92 Å². The molecule has 0 aliphatic carbocycles. The number of rotatable bonds is 4. The second-order valence-corrected chi connectivity index (χ2v) is 4.69. The molecular formula is C13H16N2S. The zero-order chi connectivity index (χ0) is 11.4. The fraction of sp³-hybridized carbons (Fsp3) is 0.308. The van der Waals surface area contributed by atoms with Gasteiger partial charge >= 0.3 is 0 Å². The van der Waals surface area contributed by atoms with Crippen LogP contribution in [0.2, 0.25) is 0 Å². The quantitative estimate of drug-likeness (QED) is 0.876. The molecular weight excluding hydrogens is 216 g/mol. The van der Waals surface area contributed by atoms with E-state index in [1.54, 1.807) is 11.3 Å². The molecule has 84 valence electrons. The van der Waals surface area contributed by atoms with Crippen LogP contribution < -0.4 is 5.32 Å². The van der Waals surface area contributed by atoms with Crippen LogP contribution in [0.15, 0.2) is 36.0 Å². The van der Waals surface area contributed by atoms with E-state index in [0.29, 0.717) is 0 Å². The second-order valence-electron chi connectivity index (χ2n) is 3.74. The Morgan fingerprint density at radius 2 is 2.31 bits per heavy atom. The minimum atomic E-state index is 0.277. The van der Waals surface area contributed by atoms with E-state index >= 15 is 0 Å². The van der Waals surface area contributed by atoms with E-state index < -0.39 is 0 Å². The summed E-state index contributed by atoms with van der Waals surface area (Å²) >= 11 is 1.80. The summed E-state index contributed by atoms with van der Waals surface area (Å²) in [5.74, 6) is 0. The van der Waals surface area contributed by atoms with Gasteiger partial charge in [0.1, 0.15) is 0 Å². The van der Waals surface area contributed by atoms with Crippen LogP contribution in [0.4, 0.5) is 0 Å². The number of thiophene rings is 1. The SMILES string of the molecule is CCNC(c1cccnc1)c1sccc1C. The normalized spacial score (nSPS) is 12.6. The Balaban J connectivity index is 2.35. The van der Waals surface area contributed by atoms with Crippen LogP contribution in [0.1, 0.15) is 29.0 Å². The highest BCUT2D eigenvalue weighted by molar-refractivity contribution is 7.10. The molecule has 16 heavy (non-hydrogen) atoms. The summed E-state index contributed by atoms with van der Waals surface area (Å²) in [6, 6.07) is 6.56. The molecule has 2 aromatic heterocycles. The van der Waals surface area contributed by atoms with Gasteiger partial charge in [0.2, 0.25) is 0 Å². The number of pyridine rings is 1. The molecule has 0 radical (unpaired) electrons. The summed E-state index contributed by atoms with van der Waals surface area (Å²) in [4.78, 5) is 5.58.